The average molecular weight is 266 g/mol. The topological polar surface area (TPSA) is 64.4 Å². The fourth-order valence-corrected chi connectivity index (χ4v) is 2.29. The number of hydrogen-bond acceptors (Lipinski definition) is 6. The van der Waals surface area contributed by atoms with Gasteiger partial charge in [-0.1, -0.05) is 0 Å². The van der Waals surface area contributed by atoms with Crippen molar-refractivity contribution in [3.8, 4) is 0 Å². The number of esters is 1. The summed E-state index contributed by atoms with van der Waals surface area (Å²) in [5, 5.41) is 4.24. The van der Waals surface area contributed by atoms with E-state index in [1.165, 1.54) is 18.3 Å². The Hall–Kier alpha value is -1.66. The van der Waals surface area contributed by atoms with Gasteiger partial charge in [-0.05, 0) is 13.0 Å². The Labute approximate surface area is 109 Å². The van der Waals surface area contributed by atoms with Gasteiger partial charge in [0.05, 0.1) is 13.4 Å². The lowest BCUT2D eigenvalue weighted by Gasteiger charge is -2.02. The number of ether oxygens (including phenoxy) is 1. The predicted molar refractivity (Wildman–Crippen MR) is 67.4 cm³/mol. The van der Waals surface area contributed by atoms with Crippen LogP contribution in [0.4, 0.5) is 0 Å². The van der Waals surface area contributed by atoms with Gasteiger partial charge in [0, 0.05) is 29.7 Å². The van der Waals surface area contributed by atoms with Crippen molar-refractivity contribution in [2.45, 2.75) is 20.0 Å². The van der Waals surface area contributed by atoms with Crippen molar-refractivity contribution in [2.24, 2.45) is 0 Å². The predicted octanol–water partition coefficient (Wildman–Crippen LogP) is 2.12. The van der Waals surface area contributed by atoms with E-state index < -0.39 is 5.97 Å². The maximum absolute atomic E-state index is 11.4. The molecule has 2 aromatic rings. The van der Waals surface area contributed by atoms with Crippen LogP contribution in [-0.4, -0.2) is 18.1 Å². The summed E-state index contributed by atoms with van der Waals surface area (Å²) in [5.41, 5.74) is 0.787. The third kappa shape index (κ3) is 2.96. The molecule has 2 rings (SSSR count). The first-order valence-corrected chi connectivity index (χ1v) is 6.29. The van der Waals surface area contributed by atoms with E-state index >= 15 is 0 Å². The molecule has 96 valence electrons. The zero-order valence-electron chi connectivity index (χ0n) is 10.2. The molecule has 0 aliphatic rings. The molecule has 0 radical (unpaired) electrons. The molecule has 2 heterocycles. The molecule has 0 bridgehead atoms. The van der Waals surface area contributed by atoms with Gasteiger partial charge in [-0.25, -0.2) is 9.78 Å². The average Bonchev–Trinajstić information content (AvgIpc) is 2.98. The summed E-state index contributed by atoms with van der Waals surface area (Å²) >= 11 is 1.65. The molecular formula is C12H14N2O3S. The molecule has 0 aliphatic heterocycles. The second-order valence-corrected chi connectivity index (χ2v) is 5.05. The van der Waals surface area contributed by atoms with Crippen molar-refractivity contribution in [1.29, 1.82) is 0 Å². The molecule has 0 unspecified atom stereocenters. The number of furan rings is 1. The number of aromatic nitrogens is 1. The molecule has 0 saturated heterocycles. The molecule has 1 N–H and O–H groups in total. The van der Waals surface area contributed by atoms with Crippen LogP contribution in [0.15, 0.2) is 22.9 Å². The first-order valence-electron chi connectivity index (χ1n) is 5.47. The Morgan fingerprint density at radius 3 is 3.06 bits per heavy atom. The Kier molecular flexibility index (Phi) is 4.11. The van der Waals surface area contributed by atoms with Crippen molar-refractivity contribution in [3.05, 3.63) is 39.7 Å². The minimum absolute atomic E-state index is 0.250. The molecule has 0 atom stereocenters. The number of carbonyl (C=O) groups excluding carboxylic acids is 1. The van der Waals surface area contributed by atoms with Gasteiger partial charge in [0.15, 0.2) is 0 Å². The number of rotatable bonds is 5. The second-order valence-electron chi connectivity index (χ2n) is 3.73. The fourth-order valence-electron chi connectivity index (χ4n) is 1.53. The van der Waals surface area contributed by atoms with Gasteiger partial charge < -0.3 is 14.5 Å². The maximum Gasteiger partial charge on any atom is 0.374 e. The summed E-state index contributed by atoms with van der Waals surface area (Å²) in [5.74, 6) is -0.206. The summed E-state index contributed by atoms with van der Waals surface area (Å²) in [7, 11) is 1.33. The van der Waals surface area contributed by atoms with Crippen LogP contribution < -0.4 is 5.32 Å². The van der Waals surface area contributed by atoms with Gasteiger partial charge in [0.2, 0.25) is 5.76 Å². The second kappa shape index (κ2) is 5.79. The summed E-state index contributed by atoms with van der Waals surface area (Å²) in [6, 6.07) is 1.76. The van der Waals surface area contributed by atoms with Crippen molar-refractivity contribution in [2.75, 3.05) is 7.11 Å². The first kappa shape index (κ1) is 12.8. The third-order valence-electron chi connectivity index (χ3n) is 2.38. The number of aryl methyl sites for hydroxylation is 1. The van der Waals surface area contributed by atoms with Crippen LogP contribution in [0, 0.1) is 6.92 Å². The van der Waals surface area contributed by atoms with Gasteiger partial charge >= 0.3 is 5.97 Å². The molecule has 0 amide bonds. The minimum atomic E-state index is -0.457. The Morgan fingerprint density at radius 1 is 1.56 bits per heavy atom. The zero-order chi connectivity index (χ0) is 13.0. The van der Waals surface area contributed by atoms with Crippen LogP contribution in [0.1, 0.15) is 26.0 Å². The van der Waals surface area contributed by atoms with Crippen molar-refractivity contribution in [3.63, 3.8) is 0 Å². The monoisotopic (exact) mass is 266 g/mol. The Balaban J connectivity index is 1.90. The first-order chi connectivity index (χ1) is 8.70. The molecule has 2 aromatic heterocycles. The van der Waals surface area contributed by atoms with E-state index in [0.717, 1.165) is 10.6 Å². The highest BCUT2D eigenvalue weighted by Crippen LogP contribution is 2.13. The molecule has 0 spiro atoms. The number of thiazole rings is 1. The van der Waals surface area contributed by atoms with E-state index in [0.29, 0.717) is 13.1 Å². The summed E-state index contributed by atoms with van der Waals surface area (Å²) in [6.45, 7) is 3.23. The van der Waals surface area contributed by atoms with E-state index in [4.69, 9.17) is 4.42 Å². The van der Waals surface area contributed by atoms with Crippen molar-refractivity contribution < 1.29 is 13.9 Å². The maximum atomic E-state index is 11.4. The molecule has 5 nitrogen and oxygen atoms in total. The van der Waals surface area contributed by atoms with Crippen LogP contribution >= 0.6 is 11.3 Å². The lowest BCUT2D eigenvalue weighted by Crippen LogP contribution is -2.14. The summed E-state index contributed by atoms with van der Waals surface area (Å²) < 4.78 is 9.73. The van der Waals surface area contributed by atoms with E-state index in [1.807, 2.05) is 13.1 Å². The van der Waals surface area contributed by atoms with Crippen LogP contribution in [0.25, 0.3) is 0 Å². The molecule has 0 aromatic carbocycles. The summed E-state index contributed by atoms with van der Waals surface area (Å²) in [4.78, 5) is 16.8. The molecule has 0 aliphatic carbocycles. The normalized spacial score (nSPS) is 10.6. The highest BCUT2D eigenvalue weighted by molar-refractivity contribution is 7.11. The lowest BCUT2D eigenvalue weighted by atomic mass is 10.2. The molecule has 18 heavy (non-hydrogen) atoms. The summed E-state index contributed by atoms with van der Waals surface area (Å²) in [6.07, 6.45) is 3.33. The van der Waals surface area contributed by atoms with E-state index in [9.17, 15) is 4.79 Å². The minimum Gasteiger partial charge on any atom is -0.463 e. The van der Waals surface area contributed by atoms with Crippen LogP contribution in [0.2, 0.25) is 0 Å². The smallest absolute Gasteiger partial charge is 0.374 e. The quantitative estimate of drug-likeness (QED) is 0.840. The number of nitrogens with one attached hydrogen (secondary N) is 1. The Bertz CT molecular complexity index is 533. The number of carbonyl (C=O) groups is 1. The fraction of sp³-hybridized carbons (Fsp3) is 0.333. The number of nitrogens with zero attached hydrogens (tertiary/aromatic N) is 1. The highest BCUT2D eigenvalue weighted by Gasteiger charge is 2.15. The SMILES string of the molecule is COC(=O)c1occc1CNCc1ncc(C)s1. The van der Waals surface area contributed by atoms with Gasteiger partial charge in [-0.2, -0.15) is 0 Å². The van der Waals surface area contributed by atoms with Gasteiger partial charge in [0.1, 0.15) is 5.01 Å². The van der Waals surface area contributed by atoms with Crippen LogP contribution in [0.3, 0.4) is 0 Å². The molecule has 0 fully saturated rings. The molecule has 0 saturated carbocycles. The van der Waals surface area contributed by atoms with Crippen LogP contribution in [-0.2, 0) is 17.8 Å². The standard InChI is InChI=1S/C12H14N2O3S/c1-8-5-14-10(18-8)7-13-6-9-3-4-17-11(9)12(15)16-2/h3-5,13H,6-7H2,1-2H3. The van der Waals surface area contributed by atoms with Gasteiger partial charge in [-0.15, -0.1) is 11.3 Å². The lowest BCUT2D eigenvalue weighted by molar-refractivity contribution is 0.0563. The molecular weight excluding hydrogens is 252 g/mol. The molecule has 6 heteroatoms. The Morgan fingerprint density at radius 2 is 2.39 bits per heavy atom. The van der Waals surface area contributed by atoms with Gasteiger partial charge in [-0.3, -0.25) is 0 Å². The number of hydrogen-bond donors (Lipinski definition) is 1. The van der Waals surface area contributed by atoms with E-state index in [2.05, 4.69) is 15.0 Å². The largest absolute Gasteiger partial charge is 0.463 e. The third-order valence-corrected chi connectivity index (χ3v) is 3.29. The zero-order valence-corrected chi connectivity index (χ0v) is 11.0. The van der Waals surface area contributed by atoms with E-state index in [-0.39, 0.29) is 5.76 Å². The van der Waals surface area contributed by atoms with Crippen molar-refractivity contribution >= 4 is 17.3 Å². The van der Waals surface area contributed by atoms with Crippen molar-refractivity contribution in [1.82, 2.24) is 10.3 Å². The highest BCUT2D eigenvalue weighted by atomic mass is 32.1. The van der Waals surface area contributed by atoms with Gasteiger partial charge in [0.25, 0.3) is 0 Å². The van der Waals surface area contributed by atoms with Crippen LogP contribution in [0.5, 0.6) is 0 Å². The van der Waals surface area contributed by atoms with E-state index in [1.54, 1.807) is 17.4 Å². The number of methoxy groups -OCH3 is 1.